The van der Waals surface area contributed by atoms with Crippen molar-refractivity contribution in [2.24, 2.45) is 5.92 Å². The fraction of sp³-hybridized carbons (Fsp3) is 0.529. The molecule has 0 unspecified atom stereocenters. The Bertz CT molecular complexity index is 570. The van der Waals surface area contributed by atoms with Gasteiger partial charge in [-0.1, -0.05) is 36.2 Å². The first-order valence-electron chi connectivity index (χ1n) is 8.00. The highest BCUT2D eigenvalue weighted by Crippen LogP contribution is 2.24. The van der Waals surface area contributed by atoms with Crippen LogP contribution in [0.5, 0.6) is 0 Å². The zero-order valence-corrected chi connectivity index (χ0v) is 14.8. The summed E-state index contributed by atoms with van der Waals surface area (Å²) in [6, 6.07) is 5.25. The smallest absolute Gasteiger partial charge is 0.226 e. The molecule has 0 radical (unpaired) electrons. The van der Waals surface area contributed by atoms with Crippen LogP contribution in [-0.2, 0) is 16.0 Å². The van der Waals surface area contributed by atoms with Gasteiger partial charge in [0.2, 0.25) is 11.8 Å². The Morgan fingerprint density at radius 2 is 1.91 bits per heavy atom. The number of piperidine rings is 1. The van der Waals surface area contributed by atoms with E-state index in [9.17, 15) is 9.59 Å². The molecular weight excluding hydrogens is 335 g/mol. The summed E-state index contributed by atoms with van der Waals surface area (Å²) in [7, 11) is 0. The zero-order valence-electron chi connectivity index (χ0n) is 13.3. The molecule has 0 saturated carbocycles. The van der Waals surface area contributed by atoms with Crippen molar-refractivity contribution in [3.63, 3.8) is 0 Å². The van der Waals surface area contributed by atoms with Crippen molar-refractivity contribution in [1.29, 1.82) is 0 Å². The van der Waals surface area contributed by atoms with Crippen LogP contribution in [0.4, 0.5) is 0 Å². The predicted octanol–water partition coefficient (Wildman–Crippen LogP) is 3.30. The molecule has 0 aromatic heterocycles. The number of hydrogen-bond acceptors (Lipinski definition) is 2. The molecule has 1 saturated heterocycles. The Balaban J connectivity index is 1.83. The molecule has 1 heterocycles. The molecule has 0 aliphatic carbocycles. The molecule has 0 bridgehead atoms. The van der Waals surface area contributed by atoms with Gasteiger partial charge in [0.05, 0.1) is 16.5 Å². The summed E-state index contributed by atoms with van der Waals surface area (Å²) in [5.74, 6) is 0.204. The maximum Gasteiger partial charge on any atom is 0.226 e. The molecule has 6 heteroatoms. The van der Waals surface area contributed by atoms with Crippen LogP contribution in [0.15, 0.2) is 18.2 Å². The van der Waals surface area contributed by atoms with Crippen LogP contribution in [0.3, 0.4) is 0 Å². The van der Waals surface area contributed by atoms with Gasteiger partial charge in [0, 0.05) is 25.6 Å². The molecular formula is C17H22Cl2N2O2. The van der Waals surface area contributed by atoms with Gasteiger partial charge < -0.3 is 10.2 Å². The van der Waals surface area contributed by atoms with Gasteiger partial charge in [-0.3, -0.25) is 9.59 Å². The zero-order chi connectivity index (χ0) is 16.8. The quantitative estimate of drug-likeness (QED) is 0.879. The van der Waals surface area contributed by atoms with Crippen molar-refractivity contribution in [3.8, 4) is 0 Å². The molecule has 1 aromatic carbocycles. The van der Waals surface area contributed by atoms with E-state index in [4.69, 9.17) is 23.2 Å². The van der Waals surface area contributed by atoms with Crippen LogP contribution >= 0.6 is 23.2 Å². The standard InChI is InChI=1S/C17H22Cl2N2O2/c1-2-7-20-17(23)13-5-8-21(9-6-13)16(22)11-12-3-4-14(18)15(19)10-12/h3-4,10,13H,2,5-9,11H2,1H3,(H,20,23). The van der Waals surface area contributed by atoms with Gasteiger partial charge in [0.1, 0.15) is 0 Å². The molecule has 2 rings (SSSR count). The molecule has 1 aliphatic rings. The first-order valence-corrected chi connectivity index (χ1v) is 8.76. The number of hydrogen-bond donors (Lipinski definition) is 1. The third kappa shape index (κ3) is 5.11. The van der Waals surface area contributed by atoms with Crippen LogP contribution < -0.4 is 5.32 Å². The third-order valence-corrected chi connectivity index (χ3v) is 4.85. The summed E-state index contributed by atoms with van der Waals surface area (Å²) in [4.78, 5) is 26.1. The van der Waals surface area contributed by atoms with E-state index in [1.165, 1.54) is 0 Å². The molecule has 2 amide bonds. The number of nitrogens with one attached hydrogen (secondary N) is 1. The maximum atomic E-state index is 12.4. The van der Waals surface area contributed by atoms with Crippen molar-refractivity contribution in [2.75, 3.05) is 19.6 Å². The van der Waals surface area contributed by atoms with E-state index in [1.54, 1.807) is 12.1 Å². The van der Waals surface area contributed by atoms with E-state index in [1.807, 2.05) is 17.9 Å². The molecule has 4 nitrogen and oxygen atoms in total. The van der Waals surface area contributed by atoms with E-state index in [0.29, 0.717) is 29.6 Å². The van der Waals surface area contributed by atoms with Gasteiger partial charge in [0.25, 0.3) is 0 Å². The Hall–Kier alpha value is -1.26. The highest BCUT2D eigenvalue weighted by atomic mass is 35.5. The highest BCUT2D eigenvalue weighted by molar-refractivity contribution is 6.42. The average Bonchev–Trinajstić information content (AvgIpc) is 2.56. The highest BCUT2D eigenvalue weighted by Gasteiger charge is 2.27. The first-order chi connectivity index (χ1) is 11.0. The minimum Gasteiger partial charge on any atom is -0.356 e. The maximum absolute atomic E-state index is 12.4. The van der Waals surface area contributed by atoms with Gasteiger partial charge in [0.15, 0.2) is 0 Å². The molecule has 1 N–H and O–H groups in total. The number of likely N-dealkylation sites (tertiary alicyclic amines) is 1. The summed E-state index contributed by atoms with van der Waals surface area (Å²) in [5.41, 5.74) is 0.854. The normalized spacial score (nSPS) is 15.5. The Morgan fingerprint density at radius 1 is 1.22 bits per heavy atom. The van der Waals surface area contributed by atoms with Gasteiger partial charge in [-0.25, -0.2) is 0 Å². The van der Waals surface area contributed by atoms with Crippen LogP contribution in [0.1, 0.15) is 31.7 Å². The monoisotopic (exact) mass is 356 g/mol. The number of amides is 2. The predicted molar refractivity (Wildman–Crippen MR) is 92.8 cm³/mol. The summed E-state index contributed by atoms with van der Waals surface area (Å²) in [5, 5.41) is 3.88. The largest absolute Gasteiger partial charge is 0.356 e. The van der Waals surface area contributed by atoms with Gasteiger partial charge in [-0.15, -0.1) is 0 Å². The van der Waals surface area contributed by atoms with Crippen LogP contribution in [-0.4, -0.2) is 36.3 Å². The van der Waals surface area contributed by atoms with E-state index < -0.39 is 0 Å². The lowest BCUT2D eigenvalue weighted by molar-refractivity contribution is -0.135. The third-order valence-electron chi connectivity index (χ3n) is 4.11. The molecule has 23 heavy (non-hydrogen) atoms. The fourth-order valence-corrected chi connectivity index (χ4v) is 3.04. The Labute approximate surface area is 147 Å². The van der Waals surface area contributed by atoms with Gasteiger partial charge in [-0.05, 0) is 37.0 Å². The molecule has 1 fully saturated rings. The van der Waals surface area contributed by atoms with Crippen molar-refractivity contribution in [3.05, 3.63) is 33.8 Å². The number of carbonyl (C=O) groups is 2. The number of rotatable bonds is 5. The first kappa shape index (κ1) is 18.1. The number of carbonyl (C=O) groups excluding carboxylic acids is 2. The summed E-state index contributed by atoms with van der Waals surface area (Å²) in [6.07, 6.45) is 2.70. The minimum absolute atomic E-state index is 0.0237. The Kier molecular flexibility index (Phi) is 6.72. The van der Waals surface area contributed by atoms with Crippen molar-refractivity contribution >= 4 is 35.0 Å². The van der Waals surface area contributed by atoms with E-state index in [-0.39, 0.29) is 17.7 Å². The van der Waals surface area contributed by atoms with Crippen LogP contribution in [0.25, 0.3) is 0 Å². The minimum atomic E-state index is 0.0237. The van der Waals surface area contributed by atoms with E-state index >= 15 is 0 Å². The van der Waals surface area contributed by atoms with Crippen LogP contribution in [0, 0.1) is 5.92 Å². The van der Waals surface area contributed by atoms with E-state index in [0.717, 1.165) is 31.4 Å². The van der Waals surface area contributed by atoms with Crippen molar-refractivity contribution in [2.45, 2.75) is 32.6 Å². The second kappa shape index (κ2) is 8.55. The molecule has 0 atom stereocenters. The summed E-state index contributed by atoms with van der Waals surface area (Å²) < 4.78 is 0. The van der Waals surface area contributed by atoms with Gasteiger partial charge >= 0.3 is 0 Å². The number of benzene rings is 1. The summed E-state index contributed by atoms with van der Waals surface area (Å²) in [6.45, 7) is 4.01. The second-order valence-electron chi connectivity index (χ2n) is 5.87. The Morgan fingerprint density at radius 3 is 2.52 bits per heavy atom. The topological polar surface area (TPSA) is 49.4 Å². The lowest BCUT2D eigenvalue weighted by Gasteiger charge is -2.31. The van der Waals surface area contributed by atoms with Crippen molar-refractivity contribution in [1.82, 2.24) is 10.2 Å². The number of nitrogens with zero attached hydrogens (tertiary/aromatic N) is 1. The number of halogens is 2. The average molecular weight is 357 g/mol. The van der Waals surface area contributed by atoms with Crippen molar-refractivity contribution < 1.29 is 9.59 Å². The second-order valence-corrected chi connectivity index (χ2v) is 6.69. The lowest BCUT2D eigenvalue weighted by Crippen LogP contribution is -2.43. The van der Waals surface area contributed by atoms with E-state index in [2.05, 4.69) is 5.32 Å². The molecule has 1 aliphatic heterocycles. The van der Waals surface area contributed by atoms with Crippen LogP contribution in [0.2, 0.25) is 10.0 Å². The SMILES string of the molecule is CCCNC(=O)C1CCN(C(=O)Cc2ccc(Cl)c(Cl)c2)CC1. The fourth-order valence-electron chi connectivity index (χ4n) is 2.72. The molecule has 126 valence electrons. The lowest BCUT2D eigenvalue weighted by atomic mass is 9.95. The molecule has 1 aromatic rings. The summed E-state index contributed by atoms with van der Waals surface area (Å²) >= 11 is 11.9. The van der Waals surface area contributed by atoms with Gasteiger partial charge in [-0.2, -0.15) is 0 Å². The molecule has 0 spiro atoms.